The van der Waals surface area contributed by atoms with Gasteiger partial charge in [-0.1, -0.05) is 19.1 Å². The first-order valence-electron chi connectivity index (χ1n) is 9.18. The van der Waals surface area contributed by atoms with E-state index in [1.165, 1.54) is 6.92 Å². The highest BCUT2D eigenvalue weighted by Crippen LogP contribution is 2.18. The molecule has 0 heterocycles. The van der Waals surface area contributed by atoms with Crippen molar-refractivity contribution >= 4 is 22.0 Å². The molecule has 0 aliphatic carbocycles. The Morgan fingerprint density at radius 1 is 1.07 bits per heavy atom. The number of hydrogen-bond acceptors (Lipinski definition) is 6. The summed E-state index contributed by atoms with van der Waals surface area (Å²) in [5, 5.41) is 0. The quantitative estimate of drug-likeness (QED) is 0.420. The van der Waals surface area contributed by atoms with Crippen molar-refractivity contribution in [3.8, 4) is 5.75 Å². The molecule has 0 fully saturated rings. The van der Waals surface area contributed by atoms with Gasteiger partial charge < -0.3 is 13.8 Å². The second-order valence-corrected chi connectivity index (χ2v) is 8.02. The van der Waals surface area contributed by atoms with Crippen molar-refractivity contribution < 1.29 is 26.9 Å². The molecule has 8 heteroatoms. The largest absolute Gasteiger partial charge is 0.466 e. The van der Waals surface area contributed by atoms with Crippen LogP contribution in [0.4, 0.5) is 0 Å². The zero-order valence-corrected chi connectivity index (χ0v) is 17.3. The number of rotatable bonds is 11. The van der Waals surface area contributed by atoms with E-state index in [0.29, 0.717) is 13.2 Å². The molecule has 27 heavy (non-hydrogen) atoms. The third kappa shape index (κ3) is 7.99. The predicted octanol–water partition coefficient (Wildman–Crippen LogP) is 2.89. The highest BCUT2D eigenvalue weighted by molar-refractivity contribution is 7.87. The Balaban J connectivity index is 2.79. The summed E-state index contributed by atoms with van der Waals surface area (Å²) >= 11 is 0. The first kappa shape index (κ1) is 23.0. The summed E-state index contributed by atoms with van der Waals surface area (Å²) in [5.41, 5.74) is 0.848. The first-order valence-corrected chi connectivity index (χ1v) is 10.8. The standard InChI is InChI=1S/C19H29NO6S/c1-5-15(4)20(18(21)12-13-19(22)25-6-2)14-16-8-10-17(11-9-16)26-27(23,24)7-3/h8-11,15H,5-7,12-14H2,1-4H3/t15-/m1/s1. The molecule has 0 saturated heterocycles. The molecule has 0 aliphatic heterocycles. The van der Waals surface area contributed by atoms with Crippen molar-refractivity contribution in [1.82, 2.24) is 4.90 Å². The van der Waals surface area contributed by atoms with Crippen molar-refractivity contribution in [2.75, 3.05) is 12.4 Å². The summed E-state index contributed by atoms with van der Waals surface area (Å²) in [5.74, 6) is -0.366. The van der Waals surface area contributed by atoms with E-state index in [1.807, 2.05) is 13.8 Å². The van der Waals surface area contributed by atoms with E-state index in [1.54, 1.807) is 36.1 Å². The van der Waals surface area contributed by atoms with Crippen molar-refractivity contribution in [1.29, 1.82) is 0 Å². The Labute approximate surface area is 161 Å². The lowest BCUT2D eigenvalue weighted by molar-refractivity contribution is -0.146. The van der Waals surface area contributed by atoms with Gasteiger partial charge in [-0.3, -0.25) is 9.59 Å². The van der Waals surface area contributed by atoms with Crippen LogP contribution < -0.4 is 4.18 Å². The first-order chi connectivity index (χ1) is 12.7. The number of ether oxygens (including phenoxy) is 1. The highest BCUT2D eigenvalue weighted by atomic mass is 32.2. The summed E-state index contributed by atoms with van der Waals surface area (Å²) in [6.45, 7) is 7.85. The van der Waals surface area contributed by atoms with Crippen LogP contribution >= 0.6 is 0 Å². The van der Waals surface area contributed by atoms with Gasteiger partial charge >= 0.3 is 16.1 Å². The Hall–Kier alpha value is -2.09. The maximum absolute atomic E-state index is 12.6. The van der Waals surface area contributed by atoms with Crippen LogP contribution in [0, 0.1) is 0 Å². The molecule has 0 bridgehead atoms. The number of carbonyl (C=O) groups excluding carboxylic acids is 2. The van der Waals surface area contributed by atoms with Gasteiger partial charge in [-0.15, -0.1) is 0 Å². The third-order valence-corrected chi connectivity index (χ3v) is 5.30. The molecule has 0 spiro atoms. The number of esters is 1. The predicted molar refractivity (Wildman–Crippen MR) is 103 cm³/mol. The van der Waals surface area contributed by atoms with Gasteiger partial charge in [-0.2, -0.15) is 8.42 Å². The maximum Gasteiger partial charge on any atom is 0.308 e. The van der Waals surface area contributed by atoms with Crippen LogP contribution in [-0.2, 0) is 31.0 Å². The van der Waals surface area contributed by atoms with Gasteiger partial charge in [-0.05, 0) is 44.9 Å². The molecule has 1 rings (SSSR count). The Morgan fingerprint density at radius 3 is 2.22 bits per heavy atom. The van der Waals surface area contributed by atoms with Crippen molar-refractivity contribution in [2.24, 2.45) is 0 Å². The second-order valence-electron chi connectivity index (χ2n) is 6.16. The molecule has 0 aromatic heterocycles. The zero-order chi connectivity index (χ0) is 20.4. The van der Waals surface area contributed by atoms with E-state index in [4.69, 9.17) is 8.92 Å². The normalized spacial score (nSPS) is 12.3. The number of benzene rings is 1. The average Bonchev–Trinajstić information content (AvgIpc) is 2.65. The van der Waals surface area contributed by atoms with Crippen molar-refractivity contribution in [3.05, 3.63) is 29.8 Å². The van der Waals surface area contributed by atoms with Gasteiger partial charge in [0.15, 0.2) is 0 Å². The zero-order valence-electron chi connectivity index (χ0n) is 16.4. The molecule has 1 aromatic rings. The van der Waals surface area contributed by atoms with Crippen LogP contribution in [0.2, 0.25) is 0 Å². The Bertz CT molecular complexity index is 714. The van der Waals surface area contributed by atoms with E-state index in [0.717, 1.165) is 12.0 Å². The van der Waals surface area contributed by atoms with Gasteiger partial charge in [0.2, 0.25) is 5.91 Å². The molecule has 0 aliphatic rings. The second kappa shape index (κ2) is 10.9. The van der Waals surface area contributed by atoms with Crippen LogP contribution in [0.3, 0.4) is 0 Å². The van der Waals surface area contributed by atoms with Crippen LogP contribution in [0.5, 0.6) is 5.75 Å². The topological polar surface area (TPSA) is 90.0 Å². The molecule has 0 unspecified atom stereocenters. The lowest BCUT2D eigenvalue weighted by Crippen LogP contribution is -2.38. The minimum absolute atomic E-state index is 0.0103. The molecule has 152 valence electrons. The Kier molecular flexibility index (Phi) is 9.28. The van der Waals surface area contributed by atoms with Gasteiger partial charge in [0.05, 0.1) is 18.8 Å². The molecule has 0 N–H and O–H groups in total. The molecule has 1 amide bonds. The highest BCUT2D eigenvalue weighted by Gasteiger charge is 2.20. The van der Waals surface area contributed by atoms with E-state index >= 15 is 0 Å². The number of nitrogens with zero attached hydrogens (tertiary/aromatic N) is 1. The van der Waals surface area contributed by atoms with Gasteiger partial charge in [0.1, 0.15) is 5.75 Å². The lowest BCUT2D eigenvalue weighted by Gasteiger charge is -2.29. The summed E-state index contributed by atoms with van der Waals surface area (Å²) in [4.78, 5) is 25.8. The molecule has 0 saturated carbocycles. The van der Waals surface area contributed by atoms with Gasteiger partial charge in [-0.25, -0.2) is 0 Å². The van der Waals surface area contributed by atoms with Crippen molar-refractivity contribution in [2.45, 2.75) is 59.5 Å². The average molecular weight is 400 g/mol. The minimum atomic E-state index is -3.57. The van der Waals surface area contributed by atoms with E-state index in [2.05, 4.69) is 0 Å². The van der Waals surface area contributed by atoms with E-state index in [9.17, 15) is 18.0 Å². The molecule has 7 nitrogen and oxygen atoms in total. The molecule has 1 atom stereocenters. The number of carbonyl (C=O) groups is 2. The van der Waals surface area contributed by atoms with Crippen LogP contribution in [-0.4, -0.2) is 43.6 Å². The molecule has 1 aromatic carbocycles. The van der Waals surface area contributed by atoms with E-state index < -0.39 is 10.1 Å². The maximum atomic E-state index is 12.6. The fraction of sp³-hybridized carbons (Fsp3) is 0.579. The molecular formula is C19H29NO6S. The van der Waals surface area contributed by atoms with E-state index in [-0.39, 0.29) is 42.3 Å². The summed E-state index contributed by atoms with van der Waals surface area (Å²) in [6, 6.07) is 6.61. The third-order valence-electron chi connectivity index (χ3n) is 4.14. The number of amides is 1. The fourth-order valence-corrected chi connectivity index (χ4v) is 2.87. The minimum Gasteiger partial charge on any atom is -0.466 e. The van der Waals surface area contributed by atoms with Gasteiger partial charge in [0, 0.05) is 19.0 Å². The summed E-state index contributed by atoms with van der Waals surface area (Å²) in [7, 11) is -3.57. The van der Waals surface area contributed by atoms with Crippen molar-refractivity contribution in [3.63, 3.8) is 0 Å². The van der Waals surface area contributed by atoms with Crippen LogP contribution in [0.15, 0.2) is 24.3 Å². The number of hydrogen-bond donors (Lipinski definition) is 0. The summed E-state index contributed by atoms with van der Waals surface area (Å²) < 4.78 is 32.8. The SMILES string of the molecule is CCOC(=O)CCC(=O)N(Cc1ccc(OS(=O)(=O)CC)cc1)[C@H](C)CC. The summed E-state index contributed by atoms with van der Waals surface area (Å²) in [6.07, 6.45) is 0.932. The molecule has 0 radical (unpaired) electrons. The van der Waals surface area contributed by atoms with Gasteiger partial charge in [0.25, 0.3) is 0 Å². The fourth-order valence-electron chi connectivity index (χ4n) is 2.35. The lowest BCUT2D eigenvalue weighted by atomic mass is 10.1. The molecular weight excluding hydrogens is 370 g/mol. The monoisotopic (exact) mass is 399 g/mol. The van der Waals surface area contributed by atoms with Crippen LogP contribution in [0.25, 0.3) is 0 Å². The van der Waals surface area contributed by atoms with Crippen LogP contribution in [0.1, 0.15) is 52.5 Å². The smallest absolute Gasteiger partial charge is 0.308 e. The Morgan fingerprint density at radius 2 is 1.70 bits per heavy atom.